The van der Waals surface area contributed by atoms with Crippen molar-refractivity contribution in [1.29, 1.82) is 0 Å². The Kier molecular flexibility index (Phi) is 6.26. The smallest absolute Gasteiger partial charge is 0.241 e. The quantitative estimate of drug-likeness (QED) is 0.859. The number of sulfonamides is 1. The van der Waals surface area contributed by atoms with Gasteiger partial charge >= 0.3 is 0 Å². The molecule has 0 aliphatic carbocycles. The molecule has 1 aliphatic rings. The molecule has 1 aliphatic heterocycles. The lowest BCUT2D eigenvalue weighted by Gasteiger charge is -2.24. The number of rotatable bonds is 3. The van der Waals surface area contributed by atoms with E-state index in [-0.39, 0.29) is 18.4 Å². The van der Waals surface area contributed by atoms with Gasteiger partial charge in [0.1, 0.15) is 0 Å². The number of hydrogen-bond acceptors (Lipinski definition) is 3. The summed E-state index contributed by atoms with van der Waals surface area (Å²) in [4.78, 5) is 0.349. The lowest BCUT2D eigenvalue weighted by atomic mass is 10.1. The molecule has 1 aromatic rings. The molecule has 0 spiro atoms. The zero-order valence-corrected chi connectivity index (χ0v) is 13.9. The highest BCUT2D eigenvalue weighted by atomic mass is 79.9. The van der Waals surface area contributed by atoms with E-state index in [0.717, 1.165) is 29.4 Å². The third kappa shape index (κ3) is 4.43. The molecule has 4 nitrogen and oxygen atoms in total. The minimum Gasteiger partial charge on any atom is -0.315 e. The number of aryl methyl sites for hydroxylation is 1. The molecule has 0 amide bonds. The molecule has 108 valence electrons. The molecule has 1 atom stereocenters. The molecule has 1 saturated heterocycles. The minimum atomic E-state index is -3.43. The Morgan fingerprint density at radius 3 is 2.79 bits per heavy atom. The summed E-state index contributed by atoms with van der Waals surface area (Å²) in [5.74, 6) is 0. The van der Waals surface area contributed by atoms with Crippen LogP contribution in [0.1, 0.15) is 18.4 Å². The fourth-order valence-corrected chi connectivity index (χ4v) is 4.15. The van der Waals surface area contributed by atoms with Crippen molar-refractivity contribution in [3.05, 3.63) is 28.2 Å². The van der Waals surface area contributed by atoms with Crippen molar-refractivity contribution in [3.63, 3.8) is 0 Å². The molecule has 0 saturated carbocycles. The van der Waals surface area contributed by atoms with E-state index in [1.165, 1.54) is 0 Å². The average molecular weight is 370 g/mol. The van der Waals surface area contributed by atoms with Gasteiger partial charge in [-0.3, -0.25) is 0 Å². The number of halogens is 2. The number of hydrogen-bond donors (Lipinski definition) is 2. The predicted octanol–water partition coefficient (Wildman–Crippen LogP) is 2.21. The first kappa shape index (κ1) is 16.9. The summed E-state index contributed by atoms with van der Waals surface area (Å²) in [5, 5.41) is 3.20. The number of piperidine rings is 1. The van der Waals surface area contributed by atoms with Crippen LogP contribution < -0.4 is 10.0 Å². The normalized spacial score (nSPS) is 19.8. The van der Waals surface area contributed by atoms with E-state index in [0.29, 0.717) is 11.4 Å². The molecular weight excluding hydrogens is 352 g/mol. The van der Waals surface area contributed by atoms with Crippen molar-refractivity contribution in [3.8, 4) is 0 Å². The van der Waals surface area contributed by atoms with Gasteiger partial charge in [-0.2, -0.15) is 0 Å². The molecule has 0 radical (unpaired) electrons. The Labute approximate surface area is 128 Å². The third-order valence-corrected chi connectivity index (χ3v) is 5.21. The van der Waals surface area contributed by atoms with Crippen LogP contribution in [0.5, 0.6) is 0 Å². The summed E-state index contributed by atoms with van der Waals surface area (Å²) < 4.78 is 28.2. The van der Waals surface area contributed by atoms with Gasteiger partial charge in [0, 0.05) is 17.1 Å². The van der Waals surface area contributed by atoms with Gasteiger partial charge < -0.3 is 5.32 Å². The van der Waals surface area contributed by atoms with Crippen LogP contribution in [0.15, 0.2) is 27.6 Å². The van der Waals surface area contributed by atoms with Crippen LogP contribution in [0.3, 0.4) is 0 Å². The molecule has 1 heterocycles. The van der Waals surface area contributed by atoms with E-state index >= 15 is 0 Å². The zero-order chi connectivity index (χ0) is 13.2. The van der Waals surface area contributed by atoms with Crippen molar-refractivity contribution >= 4 is 38.4 Å². The highest BCUT2D eigenvalue weighted by molar-refractivity contribution is 9.10. The first-order valence-electron chi connectivity index (χ1n) is 5.98. The van der Waals surface area contributed by atoms with Gasteiger partial charge in [0.2, 0.25) is 10.0 Å². The standard InChI is InChI=1S/C12H17BrN2O2S.ClH/c1-9-4-5-10(13)7-12(9)18(16,17)15-11-3-2-6-14-8-11;/h4-5,7,11,14-15H,2-3,6,8H2,1H3;1H. The Morgan fingerprint density at radius 2 is 2.16 bits per heavy atom. The SMILES string of the molecule is Cc1ccc(Br)cc1S(=O)(=O)NC1CCCNC1.Cl. The van der Waals surface area contributed by atoms with E-state index in [1.807, 2.05) is 6.07 Å². The van der Waals surface area contributed by atoms with E-state index in [4.69, 9.17) is 0 Å². The largest absolute Gasteiger partial charge is 0.315 e. The molecule has 1 fully saturated rings. The van der Waals surface area contributed by atoms with Crippen LogP contribution in [-0.4, -0.2) is 27.5 Å². The fraction of sp³-hybridized carbons (Fsp3) is 0.500. The summed E-state index contributed by atoms with van der Waals surface area (Å²) in [5.41, 5.74) is 0.759. The minimum absolute atomic E-state index is 0. The van der Waals surface area contributed by atoms with Crippen molar-refractivity contribution in [2.45, 2.75) is 30.7 Å². The van der Waals surface area contributed by atoms with E-state index in [1.54, 1.807) is 19.1 Å². The van der Waals surface area contributed by atoms with Crippen LogP contribution in [0.25, 0.3) is 0 Å². The lowest BCUT2D eigenvalue weighted by Crippen LogP contribution is -2.45. The maximum absolute atomic E-state index is 12.3. The summed E-state index contributed by atoms with van der Waals surface area (Å²) in [6.45, 7) is 3.47. The Balaban J connectivity index is 0.00000180. The lowest BCUT2D eigenvalue weighted by molar-refractivity contribution is 0.428. The van der Waals surface area contributed by atoms with Gasteiger partial charge in [0.25, 0.3) is 0 Å². The second-order valence-electron chi connectivity index (χ2n) is 4.57. The van der Waals surface area contributed by atoms with E-state index in [2.05, 4.69) is 26.0 Å². The molecule has 2 rings (SSSR count). The first-order chi connectivity index (χ1) is 8.49. The molecule has 1 aromatic carbocycles. The Hall–Kier alpha value is -0.140. The number of nitrogens with one attached hydrogen (secondary N) is 2. The second-order valence-corrected chi connectivity index (χ2v) is 7.17. The number of benzene rings is 1. The molecule has 2 N–H and O–H groups in total. The summed E-state index contributed by atoms with van der Waals surface area (Å²) in [6.07, 6.45) is 1.89. The highest BCUT2D eigenvalue weighted by Crippen LogP contribution is 2.21. The van der Waals surface area contributed by atoms with Gasteiger partial charge in [0.05, 0.1) is 4.90 Å². The van der Waals surface area contributed by atoms with Crippen LogP contribution in [0.4, 0.5) is 0 Å². The van der Waals surface area contributed by atoms with Crippen molar-refractivity contribution < 1.29 is 8.42 Å². The summed E-state index contributed by atoms with van der Waals surface area (Å²) >= 11 is 3.31. The maximum atomic E-state index is 12.3. The van der Waals surface area contributed by atoms with Crippen LogP contribution in [0, 0.1) is 6.92 Å². The van der Waals surface area contributed by atoms with Gasteiger partial charge in [-0.25, -0.2) is 13.1 Å². The zero-order valence-electron chi connectivity index (χ0n) is 10.6. The van der Waals surface area contributed by atoms with E-state index in [9.17, 15) is 8.42 Å². The first-order valence-corrected chi connectivity index (χ1v) is 8.26. The van der Waals surface area contributed by atoms with Gasteiger partial charge in [-0.15, -0.1) is 12.4 Å². The van der Waals surface area contributed by atoms with Crippen molar-refractivity contribution in [1.82, 2.24) is 10.0 Å². The maximum Gasteiger partial charge on any atom is 0.241 e. The van der Waals surface area contributed by atoms with Crippen LogP contribution >= 0.6 is 28.3 Å². The highest BCUT2D eigenvalue weighted by Gasteiger charge is 2.23. The predicted molar refractivity (Wildman–Crippen MR) is 82.3 cm³/mol. The molecule has 0 bridgehead atoms. The Bertz CT molecular complexity index is 531. The third-order valence-electron chi connectivity index (χ3n) is 3.06. The van der Waals surface area contributed by atoms with Gasteiger partial charge in [0.15, 0.2) is 0 Å². The van der Waals surface area contributed by atoms with Gasteiger partial charge in [-0.1, -0.05) is 22.0 Å². The van der Waals surface area contributed by atoms with Crippen LogP contribution in [0.2, 0.25) is 0 Å². The topological polar surface area (TPSA) is 58.2 Å². The monoisotopic (exact) mass is 368 g/mol. The van der Waals surface area contributed by atoms with E-state index < -0.39 is 10.0 Å². The summed E-state index contributed by atoms with van der Waals surface area (Å²) in [7, 11) is -3.43. The van der Waals surface area contributed by atoms with Gasteiger partial charge in [-0.05, 0) is 44.0 Å². The van der Waals surface area contributed by atoms with Crippen molar-refractivity contribution in [2.24, 2.45) is 0 Å². The molecule has 1 unspecified atom stereocenters. The molecule has 0 aromatic heterocycles. The van der Waals surface area contributed by atoms with Crippen molar-refractivity contribution in [2.75, 3.05) is 13.1 Å². The molecule has 7 heteroatoms. The molecule has 19 heavy (non-hydrogen) atoms. The second kappa shape index (κ2) is 7.04. The average Bonchev–Trinajstić information content (AvgIpc) is 2.33. The fourth-order valence-electron chi connectivity index (χ4n) is 2.10. The molecular formula is C12H18BrClN2O2S. The summed E-state index contributed by atoms with van der Waals surface area (Å²) in [6, 6.07) is 5.28. The van der Waals surface area contributed by atoms with Crippen LogP contribution in [-0.2, 0) is 10.0 Å². The Morgan fingerprint density at radius 1 is 1.42 bits per heavy atom.